The van der Waals surface area contributed by atoms with Crippen LogP contribution in [0, 0.1) is 0 Å². The number of phosphoric acid groups is 1. The Balaban J connectivity index is 4.42. The van der Waals surface area contributed by atoms with Gasteiger partial charge in [0, 0.05) is 19.4 Å². The van der Waals surface area contributed by atoms with Crippen LogP contribution in [0.1, 0.15) is 117 Å². The summed E-state index contributed by atoms with van der Waals surface area (Å²) in [5.41, 5.74) is 5.32. The van der Waals surface area contributed by atoms with Crippen molar-refractivity contribution in [1.82, 2.24) is 0 Å². The maximum absolute atomic E-state index is 12.5. The van der Waals surface area contributed by atoms with E-state index in [-0.39, 0.29) is 32.6 Å². The molecular weight excluding hydrogens is 665 g/mol. The first-order valence-corrected chi connectivity index (χ1v) is 20.2. The minimum absolute atomic E-state index is 0.0344. The average Bonchev–Trinajstić information content (AvgIpc) is 3.11. The van der Waals surface area contributed by atoms with Crippen LogP contribution in [0.5, 0.6) is 0 Å². The number of hydrogen-bond acceptors (Lipinski definition) is 8. The van der Waals surface area contributed by atoms with Gasteiger partial charge >= 0.3 is 19.8 Å². The predicted octanol–water partition coefficient (Wildman–Crippen LogP) is 10.3. The van der Waals surface area contributed by atoms with Gasteiger partial charge in [0.05, 0.1) is 13.2 Å². The summed E-state index contributed by atoms with van der Waals surface area (Å²) < 4.78 is 32.5. The van der Waals surface area contributed by atoms with Crippen LogP contribution in [0.3, 0.4) is 0 Å². The first-order chi connectivity index (χ1) is 24.8. The minimum Gasteiger partial charge on any atom is -0.462 e. The fourth-order valence-corrected chi connectivity index (χ4v) is 5.03. The van der Waals surface area contributed by atoms with Gasteiger partial charge in [0.1, 0.15) is 6.61 Å². The Bertz CT molecular complexity index is 1150. The van der Waals surface area contributed by atoms with Gasteiger partial charge in [0.2, 0.25) is 0 Å². The van der Waals surface area contributed by atoms with E-state index in [0.717, 1.165) is 70.6 Å². The molecule has 3 N–H and O–H groups in total. The van der Waals surface area contributed by atoms with Gasteiger partial charge in [-0.25, -0.2) is 4.57 Å². The second-order valence-electron chi connectivity index (χ2n) is 11.7. The number of esters is 2. The molecule has 0 aromatic rings. The van der Waals surface area contributed by atoms with E-state index in [0.29, 0.717) is 19.3 Å². The molecule has 288 valence electrons. The van der Waals surface area contributed by atoms with Gasteiger partial charge in [-0.3, -0.25) is 18.6 Å². The molecular formula is C41H66NO8P. The van der Waals surface area contributed by atoms with Crippen LogP contribution in [0.2, 0.25) is 0 Å². The van der Waals surface area contributed by atoms with Gasteiger partial charge in [-0.05, 0) is 83.5 Å². The number of phosphoric ester groups is 1. The van der Waals surface area contributed by atoms with Crippen molar-refractivity contribution < 1.29 is 37.6 Å². The van der Waals surface area contributed by atoms with Crippen molar-refractivity contribution in [3.05, 3.63) is 97.2 Å². The minimum atomic E-state index is -4.40. The molecule has 0 aromatic heterocycles. The highest BCUT2D eigenvalue weighted by molar-refractivity contribution is 7.47. The molecule has 0 fully saturated rings. The third-order valence-electron chi connectivity index (χ3n) is 6.97. The molecule has 9 nitrogen and oxygen atoms in total. The lowest BCUT2D eigenvalue weighted by atomic mass is 10.1. The predicted molar refractivity (Wildman–Crippen MR) is 210 cm³/mol. The Morgan fingerprint density at radius 2 is 1.04 bits per heavy atom. The number of hydrogen-bond donors (Lipinski definition) is 2. The van der Waals surface area contributed by atoms with Gasteiger partial charge in [0.15, 0.2) is 6.10 Å². The maximum atomic E-state index is 12.5. The van der Waals surface area contributed by atoms with E-state index >= 15 is 0 Å². The van der Waals surface area contributed by atoms with Gasteiger partial charge in [-0.15, -0.1) is 0 Å². The number of ether oxygens (including phenoxy) is 2. The highest BCUT2D eigenvalue weighted by atomic mass is 31.2. The van der Waals surface area contributed by atoms with Crippen molar-refractivity contribution in [2.24, 2.45) is 5.73 Å². The Labute approximate surface area is 308 Å². The van der Waals surface area contributed by atoms with Crippen LogP contribution in [-0.2, 0) is 32.7 Å². The van der Waals surface area contributed by atoms with E-state index in [2.05, 4.69) is 105 Å². The fraction of sp³-hybridized carbons (Fsp3) is 0.561. The highest BCUT2D eigenvalue weighted by Gasteiger charge is 2.25. The fourth-order valence-electron chi connectivity index (χ4n) is 4.27. The molecule has 2 atom stereocenters. The van der Waals surface area contributed by atoms with Crippen molar-refractivity contribution in [2.75, 3.05) is 26.4 Å². The van der Waals surface area contributed by atoms with E-state index in [1.165, 1.54) is 0 Å². The molecule has 0 spiro atoms. The quantitative estimate of drug-likeness (QED) is 0.0293. The average molecular weight is 732 g/mol. The zero-order chi connectivity index (χ0) is 37.5. The molecule has 0 aliphatic carbocycles. The van der Waals surface area contributed by atoms with Gasteiger partial charge < -0.3 is 20.1 Å². The van der Waals surface area contributed by atoms with Gasteiger partial charge in [-0.1, -0.05) is 117 Å². The molecule has 51 heavy (non-hydrogen) atoms. The van der Waals surface area contributed by atoms with Crippen LogP contribution in [-0.4, -0.2) is 49.3 Å². The van der Waals surface area contributed by atoms with E-state index in [9.17, 15) is 19.0 Å². The topological polar surface area (TPSA) is 134 Å². The Morgan fingerprint density at radius 1 is 0.588 bits per heavy atom. The van der Waals surface area contributed by atoms with E-state index < -0.39 is 32.5 Å². The Kier molecular flexibility index (Phi) is 34.5. The zero-order valence-electron chi connectivity index (χ0n) is 31.3. The number of allylic oxidation sites excluding steroid dienone is 16. The molecule has 0 aliphatic heterocycles. The summed E-state index contributed by atoms with van der Waals surface area (Å²) in [5.74, 6) is -0.946. The number of nitrogens with two attached hydrogens (primary N) is 1. The Morgan fingerprint density at radius 3 is 1.53 bits per heavy atom. The summed E-state index contributed by atoms with van der Waals surface area (Å²) in [6, 6.07) is 0. The normalized spacial score (nSPS) is 14.5. The third-order valence-corrected chi connectivity index (χ3v) is 7.95. The largest absolute Gasteiger partial charge is 0.472 e. The molecule has 0 aromatic carbocycles. The molecule has 0 saturated heterocycles. The molecule has 0 rings (SSSR count). The summed E-state index contributed by atoms with van der Waals surface area (Å²) in [6.45, 7) is 3.35. The second-order valence-corrected chi connectivity index (χ2v) is 13.1. The molecule has 10 heteroatoms. The summed E-state index contributed by atoms with van der Waals surface area (Å²) >= 11 is 0. The molecule has 0 aliphatic rings. The molecule has 0 bridgehead atoms. The van der Waals surface area contributed by atoms with E-state index in [4.69, 9.17) is 24.3 Å². The smallest absolute Gasteiger partial charge is 0.462 e. The number of rotatable bonds is 33. The van der Waals surface area contributed by atoms with Crippen LogP contribution < -0.4 is 5.73 Å². The number of carbonyl (C=O) groups excluding carboxylic acids is 2. The first kappa shape index (κ1) is 47.9. The molecule has 0 saturated carbocycles. The van der Waals surface area contributed by atoms with Crippen LogP contribution in [0.25, 0.3) is 0 Å². The van der Waals surface area contributed by atoms with Crippen LogP contribution in [0.15, 0.2) is 97.2 Å². The first-order valence-electron chi connectivity index (χ1n) is 18.7. The maximum Gasteiger partial charge on any atom is 0.472 e. The second kappa shape index (κ2) is 36.7. The van der Waals surface area contributed by atoms with Crippen molar-refractivity contribution in [3.8, 4) is 0 Å². The van der Waals surface area contributed by atoms with Crippen LogP contribution >= 0.6 is 7.82 Å². The third kappa shape index (κ3) is 36.5. The monoisotopic (exact) mass is 731 g/mol. The lowest BCUT2D eigenvalue weighted by Gasteiger charge is -2.19. The lowest BCUT2D eigenvalue weighted by Crippen LogP contribution is -2.29. The summed E-state index contributed by atoms with van der Waals surface area (Å²) in [6.07, 6.45) is 45.9. The van der Waals surface area contributed by atoms with Crippen molar-refractivity contribution in [1.29, 1.82) is 0 Å². The summed E-state index contributed by atoms with van der Waals surface area (Å²) in [5, 5.41) is 0. The molecule has 0 radical (unpaired) electrons. The Hall–Kier alpha value is -3.07. The van der Waals surface area contributed by atoms with E-state index in [1.54, 1.807) is 0 Å². The highest BCUT2D eigenvalue weighted by Crippen LogP contribution is 2.43. The van der Waals surface area contributed by atoms with Crippen molar-refractivity contribution in [2.45, 2.75) is 123 Å². The van der Waals surface area contributed by atoms with Gasteiger partial charge in [0.25, 0.3) is 0 Å². The van der Waals surface area contributed by atoms with E-state index in [1.807, 2.05) is 6.08 Å². The molecule has 0 amide bonds. The lowest BCUT2D eigenvalue weighted by molar-refractivity contribution is -0.161. The standard InChI is InChI=1S/C41H66NO8P/c1-3-5-7-9-11-13-15-17-18-19-20-22-24-26-28-30-32-34-41(44)50-39(38-49-51(45,46)48-36-35-42)37-47-40(43)33-31-29-27-25-23-21-16-14-12-10-8-6-4-2/h5-8,11-14,17-18,20-23,26,28,39H,3-4,9-10,15-16,19,24-25,27,29-38,42H2,1-2H3,(H,45,46)/b7-5-,8-6-,13-11-,14-12-,18-17-,22-20-,23-21-,28-26-. The number of unbranched alkanes of at least 4 members (excludes halogenated alkanes) is 4. The van der Waals surface area contributed by atoms with Crippen molar-refractivity contribution in [3.63, 3.8) is 0 Å². The van der Waals surface area contributed by atoms with Crippen molar-refractivity contribution >= 4 is 19.8 Å². The number of carbonyl (C=O) groups is 2. The SMILES string of the molecule is CC/C=C\C/C=C\C/C=C\C/C=C\C/C=C\CCCC(=O)OC(COC(=O)CCCCC/C=C\C/C=C\C/C=C\CC)COP(=O)(O)OCCN. The zero-order valence-corrected chi connectivity index (χ0v) is 32.2. The molecule has 2 unspecified atom stereocenters. The van der Waals surface area contributed by atoms with Gasteiger partial charge in [-0.2, -0.15) is 0 Å². The molecule has 0 heterocycles. The van der Waals surface area contributed by atoms with Crippen LogP contribution in [0.4, 0.5) is 0 Å². The summed E-state index contributed by atoms with van der Waals surface area (Å²) in [7, 11) is -4.40. The summed E-state index contributed by atoms with van der Waals surface area (Å²) in [4.78, 5) is 34.7.